The van der Waals surface area contributed by atoms with Crippen LogP contribution in [0.1, 0.15) is 31.9 Å². The zero-order valence-corrected chi connectivity index (χ0v) is 15.2. The van der Waals surface area contributed by atoms with E-state index in [1.165, 1.54) is 6.21 Å². The van der Waals surface area contributed by atoms with Gasteiger partial charge in [-0.3, -0.25) is 0 Å². The summed E-state index contributed by atoms with van der Waals surface area (Å²) >= 11 is 6.10. The number of nitrogens with one attached hydrogen (secondary N) is 1. The molecule has 1 N–H and O–H groups in total. The smallest absolute Gasteiger partial charge is 0.428 e. The highest BCUT2D eigenvalue weighted by atomic mass is 35.5. The van der Waals surface area contributed by atoms with E-state index in [0.29, 0.717) is 11.6 Å². The van der Waals surface area contributed by atoms with E-state index in [4.69, 9.17) is 21.1 Å². The third-order valence-electron chi connectivity index (χ3n) is 3.00. The summed E-state index contributed by atoms with van der Waals surface area (Å²) in [4.78, 5) is 11.5. The van der Waals surface area contributed by atoms with Gasteiger partial charge in [-0.05, 0) is 56.7 Å². The van der Waals surface area contributed by atoms with Crippen LogP contribution in [-0.4, -0.2) is 17.9 Å². The fourth-order valence-corrected chi connectivity index (χ4v) is 2.08. The number of ether oxygens (including phenoxy) is 2. The van der Waals surface area contributed by atoms with Crippen molar-refractivity contribution in [3.8, 4) is 5.75 Å². The van der Waals surface area contributed by atoms with Gasteiger partial charge in [0.25, 0.3) is 0 Å². The lowest BCUT2D eigenvalue weighted by atomic mass is 10.2. The number of carbonyl (C=O) groups is 1. The van der Waals surface area contributed by atoms with E-state index in [0.717, 1.165) is 16.9 Å². The Kier molecular flexibility index (Phi) is 6.42. The summed E-state index contributed by atoms with van der Waals surface area (Å²) in [5.41, 5.74) is 3.51. The average Bonchev–Trinajstić information content (AvgIpc) is 2.54. The lowest BCUT2D eigenvalue weighted by molar-refractivity contribution is 0.0529. The Morgan fingerprint density at radius 1 is 1.16 bits per heavy atom. The minimum Gasteiger partial charge on any atom is -0.489 e. The minimum absolute atomic E-state index is 0.396. The maximum atomic E-state index is 11.5. The van der Waals surface area contributed by atoms with E-state index in [1.807, 2.05) is 48.5 Å². The Bertz CT molecular complexity index is 737. The van der Waals surface area contributed by atoms with Crippen molar-refractivity contribution in [2.24, 2.45) is 5.10 Å². The van der Waals surface area contributed by atoms with Crippen molar-refractivity contribution >= 4 is 23.9 Å². The second-order valence-corrected chi connectivity index (χ2v) is 6.73. The molecule has 132 valence electrons. The molecule has 0 bridgehead atoms. The van der Waals surface area contributed by atoms with Crippen molar-refractivity contribution in [3.63, 3.8) is 0 Å². The van der Waals surface area contributed by atoms with Crippen LogP contribution < -0.4 is 10.2 Å². The van der Waals surface area contributed by atoms with E-state index in [2.05, 4.69) is 10.5 Å². The lowest BCUT2D eigenvalue weighted by Gasteiger charge is -2.18. The highest BCUT2D eigenvalue weighted by Crippen LogP contribution is 2.18. The summed E-state index contributed by atoms with van der Waals surface area (Å²) in [6.07, 6.45) is 0.935. The molecule has 0 saturated carbocycles. The van der Waals surface area contributed by atoms with Gasteiger partial charge in [0.15, 0.2) is 0 Å². The Labute approximate surface area is 152 Å². The second-order valence-electron chi connectivity index (χ2n) is 6.32. The number of rotatable bonds is 5. The Balaban J connectivity index is 1.84. The van der Waals surface area contributed by atoms with Gasteiger partial charge in [0.1, 0.15) is 18.0 Å². The Hall–Kier alpha value is -2.53. The van der Waals surface area contributed by atoms with Crippen molar-refractivity contribution in [1.29, 1.82) is 0 Å². The van der Waals surface area contributed by atoms with Crippen molar-refractivity contribution in [1.82, 2.24) is 5.43 Å². The zero-order chi connectivity index (χ0) is 18.3. The predicted octanol–water partition coefficient (Wildman–Crippen LogP) is 4.78. The minimum atomic E-state index is -0.594. The summed E-state index contributed by atoms with van der Waals surface area (Å²) in [7, 11) is 0. The van der Waals surface area contributed by atoms with Crippen LogP contribution in [0, 0.1) is 0 Å². The third kappa shape index (κ3) is 6.85. The van der Waals surface area contributed by atoms with Crippen LogP contribution in [-0.2, 0) is 11.3 Å². The molecule has 0 aliphatic rings. The summed E-state index contributed by atoms with van der Waals surface area (Å²) in [5.74, 6) is 0.720. The van der Waals surface area contributed by atoms with Crippen LogP contribution in [0.25, 0.3) is 0 Å². The van der Waals surface area contributed by atoms with Crippen molar-refractivity contribution < 1.29 is 14.3 Å². The molecule has 0 radical (unpaired) electrons. The average molecular weight is 361 g/mol. The predicted molar refractivity (Wildman–Crippen MR) is 99.2 cm³/mol. The largest absolute Gasteiger partial charge is 0.489 e. The van der Waals surface area contributed by atoms with Crippen molar-refractivity contribution in [2.45, 2.75) is 33.0 Å². The van der Waals surface area contributed by atoms with E-state index in [1.54, 1.807) is 20.8 Å². The van der Waals surface area contributed by atoms with Crippen LogP contribution in [0.2, 0.25) is 5.02 Å². The first-order chi connectivity index (χ1) is 11.8. The molecule has 1 amide bonds. The van der Waals surface area contributed by atoms with Gasteiger partial charge in [0.2, 0.25) is 0 Å². The third-order valence-corrected chi connectivity index (χ3v) is 3.37. The standard InChI is InChI=1S/C19H21ClN2O3/c1-19(2,3)25-18(23)22-21-12-14-8-10-16(11-9-14)24-13-15-6-4-5-7-17(15)20/h4-12H,13H2,1-3H3,(H,22,23)/b21-12+. The molecule has 2 aromatic carbocycles. The van der Waals surface area contributed by atoms with Crippen LogP contribution in [0.4, 0.5) is 4.79 Å². The van der Waals surface area contributed by atoms with Crippen molar-refractivity contribution in [3.05, 3.63) is 64.7 Å². The van der Waals surface area contributed by atoms with Gasteiger partial charge in [-0.1, -0.05) is 29.8 Å². The fraction of sp³-hybridized carbons (Fsp3) is 0.263. The first kappa shape index (κ1) is 18.8. The highest BCUT2D eigenvalue weighted by molar-refractivity contribution is 6.31. The van der Waals surface area contributed by atoms with Gasteiger partial charge in [0.05, 0.1) is 6.21 Å². The molecule has 6 heteroatoms. The van der Waals surface area contributed by atoms with Gasteiger partial charge in [0, 0.05) is 10.6 Å². The first-order valence-electron chi connectivity index (χ1n) is 7.82. The second kappa shape index (κ2) is 8.53. The number of hydrogen-bond donors (Lipinski definition) is 1. The summed E-state index contributed by atoms with van der Waals surface area (Å²) < 4.78 is 10.8. The van der Waals surface area contributed by atoms with Crippen LogP contribution in [0.3, 0.4) is 0 Å². The molecule has 25 heavy (non-hydrogen) atoms. The normalized spacial score (nSPS) is 11.4. The molecule has 0 aliphatic heterocycles. The van der Waals surface area contributed by atoms with Gasteiger partial charge < -0.3 is 9.47 Å². The molecule has 0 heterocycles. The number of nitrogens with zero attached hydrogens (tertiary/aromatic N) is 1. The first-order valence-corrected chi connectivity index (χ1v) is 8.19. The Morgan fingerprint density at radius 2 is 1.84 bits per heavy atom. The Morgan fingerprint density at radius 3 is 2.48 bits per heavy atom. The topological polar surface area (TPSA) is 59.9 Å². The maximum absolute atomic E-state index is 11.5. The molecular weight excluding hydrogens is 340 g/mol. The molecule has 0 saturated heterocycles. The number of hydrazone groups is 1. The molecule has 5 nitrogen and oxygen atoms in total. The van der Waals surface area contributed by atoms with E-state index in [-0.39, 0.29) is 0 Å². The van der Waals surface area contributed by atoms with Crippen molar-refractivity contribution in [2.75, 3.05) is 0 Å². The van der Waals surface area contributed by atoms with Crippen LogP contribution in [0.15, 0.2) is 53.6 Å². The molecule has 0 unspecified atom stereocenters. The van der Waals surface area contributed by atoms with E-state index < -0.39 is 11.7 Å². The molecule has 2 rings (SSSR count). The molecule has 0 atom stereocenters. The number of amides is 1. The molecule has 2 aromatic rings. The van der Waals surface area contributed by atoms with Gasteiger partial charge >= 0.3 is 6.09 Å². The molecular formula is C19H21ClN2O3. The van der Waals surface area contributed by atoms with E-state index in [9.17, 15) is 4.79 Å². The monoisotopic (exact) mass is 360 g/mol. The zero-order valence-electron chi connectivity index (χ0n) is 14.5. The van der Waals surface area contributed by atoms with Gasteiger partial charge in [-0.25, -0.2) is 10.2 Å². The summed E-state index contributed by atoms with van der Waals surface area (Å²) in [6.45, 7) is 5.76. The number of hydrogen-bond acceptors (Lipinski definition) is 4. The number of benzene rings is 2. The molecule has 0 spiro atoms. The molecule has 0 aliphatic carbocycles. The molecule has 0 fully saturated rings. The van der Waals surface area contributed by atoms with Gasteiger partial charge in [-0.2, -0.15) is 5.10 Å². The lowest BCUT2D eigenvalue weighted by Crippen LogP contribution is -2.29. The maximum Gasteiger partial charge on any atom is 0.428 e. The summed E-state index contributed by atoms with van der Waals surface area (Å²) in [5, 5.41) is 4.53. The van der Waals surface area contributed by atoms with Crippen LogP contribution in [0.5, 0.6) is 5.75 Å². The highest BCUT2D eigenvalue weighted by Gasteiger charge is 2.15. The van der Waals surface area contributed by atoms with Gasteiger partial charge in [-0.15, -0.1) is 0 Å². The number of halogens is 1. The quantitative estimate of drug-likeness (QED) is 0.616. The van der Waals surface area contributed by atoms with E-state index >= 15 is 0 Å². The van der Waals surface area contributed by atoms with Crippen LogP contribution >= 0.6 is 11.6 Å². The fourth-order valence-electron chi connectivity index (χ4n) is 1.89. The molecule has 0 aromatic heterocycles. The SMILES string of the molecule is CC(C)(C)OC(=O)N/N=C/c1ccc(OCc2ccccc2Cl)cc1. The number of carbonyl (C=O) groups excluding carboxylic acids is 1. The summed E-state index contributed by atoms with van der Waals surface area (Å²) in [6, 6.07) is 14.9.